The van der Waals surface area contributed by atoms with Gasteiger partial charge in [0.25, 0.3) is 0 Å². The first-order valence-electron chi connectivity index (χ1n) is 11.7. The van der Waals surface area contributed by atoms with Crippen molar-refractivity contribution in [3.05, 3.63) is 88.5 Å². The molecule has 7 nitrogen and oxygen atoms in total. The summed E-state index contributed by atoms with van der Waals surface area (Å²) in [5, 5.41) is 3.01. The van der Waals surface area contributed by atoms with Crippen LogP contribution in [0.3, 0.4) is 0 Å². The van der Waals surface area contributed by atoms with Gasteiger partial charge in [-0.2, -0.15) is 4.72 Å². The van der Waals surface area contributed by atoms with Gasteiger partial charge >= 0.3 is 0 Å². The van der Waals surface area contributed by atoms with E-state index in [1.165, 1.54) is 38.0 Å². The smallest absolute Gasteiger partial charge is 0.241 e. The molecule has 0 radical (unpaired) electrons. The standard InChI is InChI=1S/C28H34N2O5S/c1-18-14-20(3)24(15-19(18)2)21(4)29-28(31)25(16-22-10-8-7-9-11-22)30-36(32,33)23-12-13-26(34-5)27(17-23)35-6/h7-15,17,21,25,30H,16H2,1-6H3,(H,29,31)/t21-,25+/m1/s1. The predicted molar refractivity (Wildman–Crippen MR) is 141 cm³/mol. The molecule has 0 aliphatic rings. The van der Waals surface area contributed by atoms with Crippen molar-refractivity contribution in [3.8, 4) is 11.5 Å². The lowest BCUT2D eigenvalue weighted by Crippen LogP contribution is -2.48. The lowest BCUT2D eigenvalue weighted by molar-refractivity contribution is -0.123. The number of hydrogen-bond acceptors (Lipinski definition) is 5. The average Bonchev–Trinajstić information content (AvgIpc) is 2.85. The van der Waals surface area contributed by atoms with Crippen molar-refractivity contribution in [1.82, 2.24) is 10.0 Å². The Morgan fingerprint density at radius 2 is 1.50 bits per heavy atom. The molecule has 0 fully saturated rings. The van der Waals surface area contributed by atoms with E-state index in [9.17, 15) is 13.2 Å². The lowest BCUT2D eigenvalue weighted by atomic mass is 9.96. The highest BCUT2D eigenvalue weighted by atomic mass is 32.2. The average molecular weight is 511 g/mol. The van der Waals surface area contributed by atoms with Crippen molar-refractivity contribution >= 4 is 15.9 Å². The van der Waals surface area contributed by atoms with Gasteiger partial charge in [0.1, 0.15) is 6.04 Å². The molecule has 2 atom stereocenters. The molecule has 0 aromatic heterocycles. The van der Waals surface area contributed by atoms with Gasteiger partial charge in [-0.1, -0.05) is 42.5 Å². The zero-order valence-corrected chi connectivity index (χ0v) is 22.4. The quantitative estimate of drug-likeness (QED) is 0.422. The van der Waals surface area contributed by atoms with Gasteiger partial charge in [0.05, 0.1) is 25.2 Å². The van der Waals surface area contributed by atoms with Crippen LogP contribution in [0, 0.1) is 20.8 Å². The molecule has 3 aromatic rings. The molecule has 0 saturated heterocycles. The van der Waals surface area contributed by atoms with E-state index in [-0.39, 0.29) is 23.1 Å². The zero-order chi connectivity index (χ0) is 26.5. The van der Waals surface area contributed by atoms with E-state index >= 15 is 0 Å². The number of benzene rings is 3. The fourth-order valence-corrected chi connectivity index (χ4v) is 5.33. The number of hydrogen-bond donors (Lipinski definition) is 2. The van der Waals surface area contributed by atoms with Crippen molar-refractivity contribution in [2.75, 3.05) is 14.2 Å². The summed E-state index contributed by atoms with van der Waals surface area (Å²) in [4.78, 5) is 13.4. The number of sulfonamides is 1. The topological polar surface area (TPSA) is 93.7 Å². The monoisotopic (exact) mass is 510 g/mol. The Labute approximate surface area is 213 Å². The predicted octanol–water partition coefficient (Wildman–Crippen LogP) is 4.40. The summed E-state index contributed by atoms with van der Waals surface area (Å²) in [5.41, 5.74) is 5.21. The van der Waals surface area contributed by atoms with Crippen LogP contribution in [0.4, 0.5) is 0 Å². The van der Waals surface area contributed by atoms with Gasteiger partial charge in [0.2, 0.25) is 15.9 Å². The van der Waals surface area contributed by atoms with Gasteiger partial charge in [-0.05, 0) is 74.1 Å². The minimum Gasteiger partial charge on any atom is -0.493 e. The number of amides is 1. The summed E-state index contributed by atoms with van der Waals surface area (Å²) in [7, 11) is -1.14. The van der Waals surface area contributed by atoms with Crippen LogP contribution in [0.1, 0.15) is 40.8 Å². The molecule has 0 aliphatic heterocycles. The second-order valence-corrected chi connectivity index (χ2v) is 10.6. The fraction of sp³-hybridized carbons (Fsp3) is 0.321. The van der Waals surface area contributed by atoms with Crippen LogP contribution in [0.15, 0.2) is 65.6 Å². The van der Waals surface area contributed by atoms with Crippen LogP contribution in [0.2, 0.25) is 0 Å². The third kappa shape index (κ3) is 6.44. The van der Waals surface area contributed by atoms with Crippen LogP contribution in [0.5, 0.6) is 11.5 Å². The Morgan fingerprint density at radius 1 is 0.861 bits per heavy atom. The maximum Gasteiger partial charge on any atom is 0.241 e. The zero-order valence-electron chi connectivity index (χ0n) is 21.6. The molecule has 192 valence electrons. The Hall–Kier alpha value is -3.36. The Balaban J connectivity index is 1.90. The number of rotatable bonds is 10. The molecule has 0 aliphatic carbocycles. The molecule has 3 aromatic carbocycles. The molecule has 2 N–H and O–H groups in total. The van der Waals surface area contributed by atoms with E-state index in [4.69, 9.17) is 9.47 Å². The second-order valence-electron chi connectivity index (χ2n) is 8.90. The van der Waals surface area contributed by atoms with E-state index in [2.05, 4.69) is 22.2 Å². The number of ether oxygens (including phenoxy) is 2. The summed E-state index contributed by atoms with van der Waals surface area (Å²) in [6, 6.07) is 16.4. The highest BCUT2D eigenvalue weighted by Crippen LogP contribution is 2.29. The van der Waals surface area contributed by atoms with Crippen LogP contribution >= 0.6 is 0 Å². The van der Waals surface area contributed by atoms with Gasteiger partial charge in [0.15, 0.2) is 11.5 Å². The highest BCUT2D eigenvalue weighted by Gasteiger charge is 2.28. The van der Waals surface area contributed by atoms with Crippen molar-refractivity contribution < 1.29 is 22.7 Å². The Morgan fingerprint density at radius 3 is 2.14 bits per heavy atom. The molecule has 3 rings (SSSR count). The van der Waals surface area contributed by atoms with E-state index in [0.29, 0.717) is 5.75 Å². The number of nitrogens with one attached hydrogen (secondary N) is 2. The summed E-state index contributed by atoms with van der Waals surface area (Å²) in [5.74, 6) is 0.281. The van der Waals surface area contributed by atoms with Gasteiger partial charge in [-0.15, -0.1) is 0 Å². The SMILES string of the molecule is COc1ccc(S(=O)(=O)N[C@@H](Cc2ccccc2)C(=O)N[C@H](C)c2cc(C)c(C)cc2C)cc1OC. The third-order valence-electron chi connectivity index (χ3n) is 6.27. The molecule has 0 spiro atoms. The number of carbonyl (C=O) groups is 1. The molecule has 1 amide bonds. The van der Waals surface area contributed by atoms with E-state index < -0.39 is 22.0 Å². The largest absolute Gasteiger partial charge is 0.493 e. The lowest BCUT2D eigenvalue weighted by Gasteiger charge is -2.23. The number of carbonyl (C=O) groups excluding carboxylic acids is 1. The van der Waals surface area contributed by atoms with E-state index in [1.54, 1.807) is 0 Å². The minimum absolute atomic E-state index is 0.0240. The normalized spacial score (nSPS) is 13.1. The Kier molecular flexibility index (Phi) is 8.76. The van der Waals surface area contributed by atoms with Gasteiger partial charge in [-0.3, -0.25) is 4.79 Å². The first kappa shape index (κ1) is 27.2. The van der Waals surface area contributed by atoms with Gasteiger partial charge < -0.3 is 14.8 Å². The van der Waals surface area contributed by atoms with Crippen LogP contribution in [-0.2, 0) is 21.2 Å². The van der Waals surface area contributed by atoms with E-state index in [0.717, 1.165) is 22.3 Å². The number of aryl methyl sites for hydroxylation is 3. The highest BCUT2D eigenvalue weighted by molar-refractivity contribution is 7.89. The maximum absolute atomic E-state index is 13.4. The third-order valence-corrected chi connectivity index (χ3v) is 7.74. The summed E-state index contributed by atoms with van der Waals surface area (Å²) in [6.07, 6.45) is 0.192. The molecule has 36 heavy (non-hydrogen) atoms. The first-order valence-corrected chi connectivity index (χ1v) is 13.2. The molecule has 0 bridgehead atoms. The van der Waals surface area contributed by atoms with Crippen LogP contribution < -0.4 is 19.5 Å². The van der Waals surface area contributed by atoms with Crippen LogP contribution in [-0.4, -0.2) is 34.6 Å². The van der Waals surface area contributed by atoms with Gasteiger partial charge in [0, 0.05) is 6.07 Å². The van der Waals surface area contributed by atoms with E-state index in [1.807, 2.05) is 58.0 Å². The summed E-state index contributed by atoms with van der Waals surface area (Å²) in [6.45, 7) is 7.99. The summed E-state index contributed by atoms with van der Waals surface area (Å²) < 4.78 is 39.7. The molecule has 8 heteroatoms. The van der Waals surface area contributed by atoms with Crippen molar-refractivity contribution in [2.45, 2.75) is 51.1 Å². The molecular weight excluding hydrogens is 476 g/mol. The minimum atomic E-state index is -4.05. The fourth-order valence-electron chi connectivity index (χ4n) is 4.12. The van der Waals surface area contributed by atoms with Crippen molar-refractivity contribution in [3.63, 3.8) is 0 Å². The van der Waals surface area contributed by atoms with Crippen LogP contribution in [0.25, 0.3) is 0 Å². The molecule has 0 heterocycles. The molecular formula is C28H34N2O5S. The first-order chi connectivity index (χ1) is 17.1. The maximum atomic E-state index is 13.4. The number of methoxy groups -OCH3 is 2. The Bertz CT molecular complexity index is 1320. The molecule has 0 saturated carbocycles. The van der Waals surface area contributed by atoms with Gasteiger partial charge in [-0.25, -0.2) is 8.42 Å². The van der Waals surface area contributed by atoms with Crippen molar-refractivity contribution in [1.29, 1.82) is 0 Å². The second kappa shape index (κ2) is 11.6. The molecule has 0 unspecified atom stereocenters. The van der Waals surface area contributed by atoms with Crippen molar-refractivity contribution in [2.24, 2.45) is 0 Å². The summed E-state index contributed by atoms with van der Waals surface area (Å²) >= 11 is 0.